The summed E-state index contributed by atoms with van der Waals surface area (Å²) in [6.45, 7) is 7.02. The number of hydrogen-bond donors (Lipinski definition) is 2. The molecule has 3 N–H and O–H groups in total. The lowest BCUT2D eigenvalue weighted by atomic mass is 10.1. The van der Waals surface area contributed by atoms with E-state index in [1.807, 2.05) is 20.8 Å². The van der Waals surface area contributed by atoms with E-state index >= 15 is 0 Å². The van der Waals surface area contributed by atoms with Crippen LogP contribution in [0.1, 0.15) is 31.1 Å². The first-order valence-electron chi connectivity index (χ1n) is 6.12. The van der Waals surface area contributed by atoms with Crippen LogP contribution < -0.4 is 11.1 Å². The molecule has 0 bridgehead atoms. The van der Waals surface area contributed by atoms with E-state index in [9.17, 15) is 4.79 Å². The van der Waals surface area contributed by atoms with Crippen molar-refractivity contribution < 1.29 is 14.3 Å². The van der Waals surface area contributed by atoms with Gasteiger partial charge >= 0.3 is 5.97 Å². The van der Waals surface area contributed by atoms with Gasteiger partial charge in [-0.3, -0.25) is 0 Å². The minimum atomic E-state index is -0.480. The summed E-state index contributed by atoms with van der Waals surface area (Å²) in [5.74, 6) is -0.0253. The van der Waals surface area contributed by atoms with Gasteiger partial charge in [0.1, 0.15) is 5.82 Å². The first-order valence-corrected chi connectivity index (χ1v) is 6.12. The number of ether oxygens (including phenoxy) is 2. The summed E-state index contributed by atoms with van der Waals surface area (Å²) in [4.78, 5) is 15.6. The number of anilines is 2. The van der Waals surface area contributed by atoms with E-state index in [-0.39, 0.29) is 11.3 Å². The van der Waals surface area contributed by atoms with Gasteiger partial charge in [-0.1, -0.05) is 0 Å². The van der Waals surface area contributed by atoms with E-state index in [2.05, 4.69) is 15.0 Å². The van der Waals surface area contributed by atoms with E-state index in [1.54, 1.807) is 0 Å². The van der Waals surface area contributed by atoms with Crippen molar-refractivity contribution in [1.29, 1.82) is 0 Å². The van der Waals surface area contributed by atoms with Gasteiger partial charge < -0.3 is 20.5 Å². The summed E-state index contributed by atoms with van der Waals surface area (Å²) in [6.07, 6.45) is 1.51. The Bertz CT molecular complexity index is 447. The van der Waals surface area contributed by atoms with Gasteiger partial charge in [0.25, 0.3) is 0 Å². The van der Waals surface area contributed by atoms with Crippen molar-refractivity contribution in [2.24, 2.45) is 0 Å². The van der Waals surface area contributed by atoms with Gasteiger partial charge in [0.15, 0.2) is 0 Å². The van der Waals surface area contributed by atoms with Crippen LogP contribution in [0.25, 0.3) is 0 Å². The molecule has 6 nitrogen and oxygen atoms in total. The van der Waals surface area contributed by atoms with Crippen molar-refractivity contribution in [1.82, 2.24) is 4.98 Å². The summed E-state index contributed by atoms with van der Waals surface area (Å²) in [7, 11) is 1.31. The van der Waals surface area contributed by atoms with Crippen LogP contribution in [0.3, 0.4) is 0 Å². The van der Waals surface area contributed by atoms with Crippen LogP contribution in [0.15, 0.2) is 12.3 Å². The van der Waals surface area contributed by atoms with Gasteiger partial charge in [-0.2, -0.15) is 0 Å². The highest BCUT2D eigenvalue weighted by Crippen LogP contribution is 2.21. The first kappa shape index (κ1) is 15.2. The molecular formula is C13H21N3O3. The summed E-state index contributed by atoms with van der Waals surface area (Å²) in [6, 6.07) is 1.53. The molecule has 0 spiro atoms. The largest absolute Gasteiger partial charge is 0.465 e. The van der Waals surface area contributed by atoms with Crippen molar-refractivity contribution in [2.75, 3.05) is 31.3 Å². The van der Waals surface area contributed by atoms with Crippen molar-refractivity contribution in [3.8, 4) is 0 Å². The lowest BCUT2D eigenvalue weighted by Gasteiger charge is -2.25. The molecule has 0 aromatic carbocycles. The Kier molecular flexibility index (Phi) is 5.11. The maximum atomic E-state index is 11.5. The molecule has 0 radical (unpaired) electrons. The molecule has 0 saturated carbocycles. The van der Waals surface area contributed by atoms with Gasteiger partial charge in [0, 0.05) is 19.3 Å². The number of carbonyl (C=O) groups is 1. The van der Waals surface area contributed by atoms with Gasteiger partial charge in [-0.15, -0.1) is 0 Å². The van der Waals surface area contributed by atoms with Crippen LogP contribution in [0, 0.1) is 0 Å². The third kappa shape index (κ3) is 4.10. The molecule has 0 aliphatic rings. The Morgan fingerprint density at radius 3 is 2.79 bits per heavy atom. The van der Waals surface area contributed by atoms with Gasteiger partial charge in [-0.05, 0) is 26.8 Å². The number of methoxy groups -OCH3 is 1. The molecular weight excluding hydrogens is 246 g/mol. The van der Waals surface area contributed by atoms with E-state index in [0.29, 0.717) is 24.5 Å². The second kappa shape index (κ2) is 6.38. The predicted molar refractivity (Wildman–Crippen MR) is 74.2 cm³/mol. The number of nitrogens with zero attached hydrogens (tertiary/aromatic N) is 1. The molecule has 0 unspecified atom stereocenters. The van der Waals surface area contributed by atoms with Crippen molar-refractivity contribution in [3.63, 3.8) is 0 Å². The highest BCUT2D eigenvalue weighted by atomic mass is 16.5. The minimum absolute atomic E-state index is 0.279. The number of nitrogen functional groups attached to an aromatic ring is 1. The Labute approximate surface area is 113 Å². The van der Waals surface area contributed by atoms with Crippen molar-refractivity contribution in [3.05, 3.63) is 17.8 Å². The number of nitrogens with two attached hydrogens (primary N) is 1. The third-order valence-corrected chi connectivity index (χ3v) is 2.61. The molecule has 0 aliphatic heterocycles. The number of hydrogen-bond acceptors (Lipinski definition) is 6. The zero-order valence-corrected chi connectivity index (χ0v) is 11.8. The first-order chi connectivity index (χ1) is 8.91. The van der Waals surface area contributed by atoms with E-state index in [1.165, 1.54) is 19.4 Å². The number of pyridine rings is 1. The van der Waals surface area contributed by atoms with Gasteiger partial charge in [0.2, 0.25) is 0 Å². The highest BCUT2D eigenvalue weighted by Gasteiger charge is 2.19. The van der Waals surface area contributed by atoms with Gasteiger partial charge in [0.05, 0.1) is 24.0 Å². The van der Waals surface area contributed by atoms with Crippen LogP contribution in [-0.4, -0.2) is 36.8 Å². The monoisotopic (exact) mass is 267 g/mol. The third-order valence-electron chi connectivity index (χ3n) is 2.61. The Morgan fingerprint density at radius 1 is 1.53 bits per heavy atom. The minimum Gasteiger partial charge on any atom is -0.465 e. The van der Waals surface area contributed by atoms with Gasteiger partial charge in [-0.25, -0.2) is 9.78 Å². The van der Waals surface area contributed by atoms with E-state index < -0.39 is 5.97 Å². The molecule has 0 aliphatic carbocycles. The molecule has 19 heavy (non-hydrogen) atoms. The van der Waals surface area contributed by atoms with Crippen molar-refractivity contribution >= 4 is 17.5 Å². The van der Waals surface area contributed by atoms with Crippen LogP contribution in [0.4, 0.5) is 11.5 Å². The number of aromatic nitrogens is 1. The molecule has 0 fully saturated rings. The quantitative estimate of drug-likeness (QED) is 0.763. The molecule has 6 heteroatoms. The maximum absolute atomic E-state index is 11.5. The standard InChI is InChI=1S/C13H21N3O3/c1-5-19-13(2,3)8-16-11-10(14)9(6-7-15-11)12(17)18-4/h6-7H,5,8,14H2,1-4H3,(H,15,16). The Morgan fingerprint density at radius 2 is 2.21 bits per heavy atom. The lowest BCUT2D eigenvalue weighted by molar-refractivity contribution is 0.000654. The van der Waals surface area contributed by atoms with Crippen LogP contribution in [0.2, 0.25) is 0 Å². The molecule has 0 saturated heterocycles. The average molecular weight is 267 g/mol. The zero-order chi connectivity index (χ0) is 14.5. The van der Waals surface area contributed by atoms with Crippen molar-refractivity contribution in [2.45, 2.75) is 26.4 Å². The smallest absolute Gasteiger partial charge is 0.340 e. The fourth-order valence-electron chi connectivity index (χ4n) is 1.64. The highest BCUT2D eigenvalue weighted by molar-refractivity contribution is 5.97. The predicted octanol–water partition coefficient (Wildman–Crippen LogP) is 1.68. The number of esters is 1. The number of nitrogens with one attached hydrogen (secondary N) is 1. The number of carbonyl (C=O) groups excluding carboxylic acids is 1. The zero-order valence-electron chi connectivity index (χ0n) is 11.8. The van der Waals surface area contributed by atoms with Crippen LogP contribution in [0.5, 0.6) is 0 Å². The summed E-state index contributed by atoms with van der Waals surface area (Å²) >= 11 is 0. The topological polar surface area (TPSA) is 86.5 Å². The average Bonchev–Trinajstić information content (AvgIpc) is 2.36. The molecule has 0 amide bonds. The molecule has 1 aromatic rings. The van der Waals surface area contributed by atoms with E-state index in [0.717, 1.165) is 0 Å². The maximum Gasteiger partial charge on any atom is 0.340 e. The van der Waals surface area contributed by atoms with Crippen LogP contribution >= 0.6 is 0 Å². The number of rotatable bonds is 6. The Hall–Kier alpha value is -1.82. The molecule has 1 aromatic heterocycles. The SMILES string of the molecule is CCOC(C)(C)CNc1nccc(C(=O)OC)c1N. The normalized spacial score (nSPS) is 11.2. The molecule has 1 rings (SSSR count). The van der Waals surface area contributed by atoms with E-state index in [4.69, 9.17) is 10.5 Å². The molecule has 106 valence electrons. The summed E-state index contributed by atoms with van der Waals surface area (Å²) in [5, 5.41) is 3.09. The lowest BCUT2D eigenvalue weighted by Crippen LogP contribution is -2.33. The Balaban J connectivity index is 2.83. The molecule has 0 atom stereocenters. The second-order valence-electron chi connectivity index (χ2n) is 4.66. The summed E-state index contributed by atoms with van der Waals surface area (Å²) < 4.78 is 10.2. The fourth-order valence-corrected chi connectivity index (χ4v) is 1.64. The summed E-state index contributed by atoms with van der Waals surface area (Å²) in [5.41, 5.74) is 6.13. The second-order valence-corrected chi connectivity index (χ2v) is 4.66. The molecule has 1 heterocycles. The van der Waals surface area contributed by atoms with Crippen LogP contribution in [-0.2, 0) is 9.47 Å². The fraction of sp³-hybridized carbons (Fsp3) is 0.538.